The van der Waals surface area contributed by atoms with Crippen molar-refractivity contribution in [2.24, 2.45) is 5.92 Å². The fourth-order valence-electron chi connectivity index (χ4n) is 1.07. The van der Waals surface area contributed by atoms with Crippen molar-refractivity contribution < 1.29 is 9.53 Å². The zero-order valence-electron chi connectivity index (χ0n) is 8.76. The molecule has 0 aromatic rings. The molecule has 0 aliphatic rings. The van der Waals surface area contributed by atoms with Crippen molar-refractivity contribution >= 4 is 5.78 Å². The molecule has 0 aliphatic carbocycles. The third kappa shape index (κ3) is 5.30. The molecule has 2 heteroatoms. The molecule has 0 bridgehead atoms. The first-order chi connectivity index (χ1) is 5.43. The van der Waals surface area contributed by atoms with Crippen LogP contribution in [0.15, 0.2) is 0 Å². The molecule has 0 aromatic carbocycles. The van der Waals surface area contributed by atoms with Crippen LogP contribution in [-0.2, 0) is 9.53 Å². The molecule has 0 spiro atoms. The van der Waals surface area contributed by atoms with Gasteiger partial charge in [-0.2, -0.15) is 0 Å². The van der Waals surface area contributed by atoms with E-state index in [1.165, 1.54) is 0 Å². The standard InChI is InChI=1S/C10H20O2/c1-7(2)6-10(9(5)11)12-8(3)4/h7-8,10H,6H2,1-5H3/t10-/m1/s1. The van der Waals surface area contributed by atoms with Gasteiger partial charge in [0.25, 0.3) is 0 Å². The van der Waals surface area contributed by atoms with Crippen LogP contribution < -0.4 is 0 Å². The first-order valence-electron chi connectivity index (χ1n) is 4.59. The van der Waals surface area contributed by atoms with Gasteiger partial charge in [0.05, 0.1) is 6.10 Å². The Labute approximate surface area is 75.3 Å². The summed E-state index contributed by atoms with van der Waals surface area (Å²) in [5.74, 6) is 0.648. The highest BCUT2D eigenvalue weighted by atomic mass is 16.5. The van der Waals surface area contributed by atoms with Crippen LogP contribution in [0.2, 0.25) is 0 Å². The molecule has 0 saturated carbocycles. The van der Waals surface area contributed by atoms with Crippen molar-refractivity contribution in [1.29, 1.82) is 0 Å². The highest BCUT2D eigenvalue weighted by molar-refractivity contribution is 5.80. The van der Waals surface area contributed by atoms with Crippen LogP contribution in [0.1, 0.15) is 41.0 Å². The van der Waals surface area contributed by atoms with Crippen LogP contribution in [0.3, 0.4) is 0 Å². The van der Waals surface area contributed by atoms with Gasteiger partial charge in [-0.05, 0) is 33.1 Å². The minimum Gasteiger partial charge on any atom is -0.368 e. The van der Waals surface area contributed by atoms with Crippen LogP contribution in [-0.4, -0.2) is 18.0 Å². The van der Waals surface area contributed by atoms with Crippen LogP contribution >= 0.6 is 0 Å². The highest BCUT2D eigenvalue weighted by Gasteiger charge is 2.17. The van der Waals surface area contributed by atoms with E-state index in [2.05, 4.69) is 13.8 Å². The summed E-state index contributed by atoms with van der Waals surface area (Å²) < 4.78 is 5.47. The van der Waals surface area contributed by atoms with Crippen LogP contribution in [0.25, 0.3) is 0 Å². The van der Waals surface area contributed by atoms with Crippen LogP contribution in [0, 0.1) is 5.92 Å². The number of carbonyl (C=O) groups is 1. The Bertz CT molecular complexity index is 129. The summed E-state index contributed by atoms with van der Waals surface area (Å²) in [6.07, 6.45) is 0.760. The molecule has 0 radical (unpaired) electrons. The maximum atomic E-state index is 11.1. The van der Waals surface area contributed by atoms with Crippen molar-refractivity contribution in [3.63, 3.8) is 0 Å². The largest absolute Gasteiger partial charge is 0.368 e. The Morgan fingerprint density at radius 1 is 1.25 bits per heavy atom. The van der Waals surface area contributed by atoms with Gasteiger partial charge in [0.2, 0.25) is 0 Å². The van der Waals surface area contributed by atoms with E-state index in [-0.39, 0.29) is 18.0 Å². The average molecular weight is 172 g/mol. The number of carbonyl (C=O) groups excluding carboxylic acids is 1. The van der Waals surface area contributed by atoms with Crippen LogP contribution in [0.4, 0.5) is 0 Å². The number of ketones is 1. The van der Waals surface area contributed by atoms with Gasteiger partial charge >= 0.3 is 0 Å². The number of hydrogen-bond donors (Lipinski definition) is 0. The predicted octanol–water partition coefficient (Wildman–Crippen LogP) is 2.42. The summed E-state index contributed by atoms with van der Waals surface area (Å²) in [5, 5.41) is 0. The van der Waals surface area contributed by atoms with E-state index in [1.807, 2.05) is 13.8 Å². The Morgan fingerprint density at radius 2 is 1.75 bits per heavy atom. The van der Waals surface area contributed by atoms with E-state index >= 15 is 0 Å². The lowest BCUT2D eigenvalue weighted by Gasteiger charge is -2.19. The second-order valence-corrected chi connectivity index (χ2v) is 3.91. The van der Waals surface area contributed by atoms with Gasteiger partial charge < -0.3 is 4.74 Å². The lowest BCUT2D eigenvalue weighted by atomic mass is 10.0. The second-order valence-electron chi connectivity index (χ2n) is 3.91. The molecule has 1 atom stereocenters. The number of rotatable bonds is 5. The SMILES string of the molecule is CC(=O)[C@@H](CC(C)C)OC(C)C. The molecule has 0 saturated heterocycles. The summed E-state index contributed by atoms with van der Waals surface area (Å²) in [7, 11) is 0. The molecule has 0 N–H and O–H groups in total. The second kappa shape index (κ2) is 5.31. The van der Waals surface area contributed by atoms with E-state index < -0.39 is 0 Å². The minimum atomic E-state index is -0.204. The van der Waals surface area contributed by atoms with Gasteiger partial charge in [0.1, 0.15) is 6.10 Å². The van der Waals surface area contributed by atoms with Crippen molar-refractivity contribution in [2.45, 2.75) is 53.2 Å². The molecule has 0 heterocycles. The zero-order valence-corrected chi connectivity index (χ0v) is 8.76. The Morgan fingerprint density at radius 3 is 2.00 bits per heavy atom. The third-order valence-corrected chi connectivity index (χ3v) is 1.58. The van der Waals surface area contributed by atoms with Crippen molar-refractivity contribution in [3.05, 3.63) is 0 Å². The minimum absolute atomic E-state index is 0.136. The molecule has 12 heavy (non-hydrogen) atoms. The number of Topliss-reactive ketones (excluding diaryl/α,β-unsaturated/α-hetero) is 1. The third-order valence-electron chi connectivity index (χ3n) is 1.58. The van der Waals surface area contributed by atoms with Gasteiger partial charge in [-0.1, -0.05) is 13.8 Å². The van der Waals surface area contributed by atoms with E-state index in [9.17, 15) is 4.79 Å². The Balaban J connectivity index is 3.96. The zero-order chi connectivity index (χ0) is 9.72. The fraction of sp³-hybridized carbons (Fsp3) is 0.900. The summed E-state index contributed by atoms with van der Waals surface area (Å²) >= 11 is 0. The van der Waals surface area contributed by atoms with E-state index in [1.54, 1.807) is 6.92 Å². The number of ether oxygens (including phenoxy) is 1. The molecule has 0 aliphatic heterocycles. The first-order valence-corrected chi connectivity index (χ1v) is 4.59. The lowest BCUT2D eigenvalue weighted by Crippen LogP contribution is -2.26. The first kappa shape index (κ1) is 11.6. The molecule has 2 nitrogen and oxygen atoms in total. The molecular weight excluding hydrogens is 152 g/mol. The fourth-order valence-corrected chi connectivity index (χ4v) is 1.07. The van der Waals surface area contributed by atoms with Crippen molar-refractivity contribution in [2.75, 3.05) is 0 Å². The quantitative estimate of drug-likeness (QED) is 0.636. The summed E-state index contributed by atoms with van der Waals surface area (Å²) in [6, 6.07) is 0. The molecule has 0 fully saturated rings. The van der Waals surface area contributed by atoms with Gasteiger partial charge in [0.15, 0.2) is 5.78 Å². The Kier molecular flexibility index (Phi) is 5.14. The average Bonchev–Trinajstić information content (AvgIpc) is 1.83. The monoisotopic (exact) mass is 172 g/mol. The molecule has 0 rings (SSSR count). The lowest BCUT2D eigenvalue weighted by molar-refractivity contribution is -0.132. The molecule has 0 unspecified atom stereocenters. The maximum Gasteiger partial charge on any atom is 0.158 e. The summed E-state index contributed by atoms with van der Waals surface area (Å²) in [6.45, 7) is 9.70. The maximum absolute atomic E-state index is 11.1. The summed E-state index contributed by atoms with van der Waals surface area (Å²) in [4.78, 5) is 11.1. The van der Waals surface area contributed by atoms with Gasteiger partial charge in [0, 0.05) is 0 Å². The molecule has 0 aromatic heterocycles. The van der Waals surface area contributed by atoms with E-state index in [0.29, 0.717) is 5.92 Å². The van der Waals surface area contributed by atoms with Crippen molar-refractivity contribution in [1.82, 2.24) is 0 Å². The highest BCUT2D eigenvalue weighted by Crippen LogP contribution is 2.11. The topological polar surface area (TPSA) is 26.3 Å². The van der Waals surface area contributed by atoms with Gasteiger partial charge in [-0.3, -0.25) is 4.79 Å². The normalized spacial score (nSPS) is 13.9. The Hall–Kier alpha value is -0.370. The van der Waals surface area contributed by atoms with Gasteiger partial charge in [-0.25, -0.2) is 0 Å². The molecule has 0 amide bonds. The van der Waals surface area contributed by atoms with Crippen molar-refractivity contribution in [3.8, 4) is 0 Å². The van der Waals surface area contributed by atoms with E-state index in [0.717, 1.165) is 6.42 Å². The van der Waals surface area contributed by atoms with E-state index in [4.69, 9.17) is 4.74 Å². The van der Waals surface area contributed by atoms with Gasteiger partial charge in [-0.15, -0.1) is 0 Å². The predicted molar refractivity (Wildman–Crippen MR) is 50.1 cm³/mol. The smallest absolute Gasteiger partial charge is 0.158 e. The summed E-state index contributed by atoms with van der Waals surface area (Å²) in [5.41, 5.74) is 0. The molecular formula is C10H20O2. The number of hydrogen-bond acceptors (Lipinski definition) is 2. The van der Waals surface area contributed by atoms with Crippen LogP contribution in [0.5, 0.6) is 0 Å². The molecule has 72 valence electrons.